The van der Waals surface area contributed by atoms with Gasteiger partial charge in [0.1, 0.15) is 6.04 Å². The topological polar surface area (TPSA) is 78.4 Å². The Morgan fingerprint density at radius 1 is 1.23 bits per heavy atom. The number of rotatable bonds is 4. The van der Waals surface area contributed by atoms with Crippen LogP contribution < -0.4 is 10.6 Å². The van der Waals surface area contributed by atoms with Gasteiger partial charge in [0, 0.05) is 10.6 Å². The number of benzene rings is 1. The molecular formula is C16H21ClN2O3. The van der Waals surface area contributed by atoms with Crippen molar-refractivity contribution in [2.75, 3.05) is 0 Å². The molecule has 1 fully saturated rings. The molecule has 0 aliphatic heterocycles. The molecular weight excluding hydrogens is 304 g/mol. The first kappa shape index (κ1) is 16.8. The predicted molar refractivity (Wildman–Crippen MR) is 84.8 cm³/mol. The van der Waals surface area contributed by atoms with Crippen LogP contribution in [0.5, 0.6) is 0 Å². The zero-order valence-corrected chi connectivity index (χ0v) is 13.3. The number of aliphatic hydroxyl groups excluding tert-OH is 1. The van der Waals surface area contributed by atoms with Gasteiger partial charge in [0.15, 0.2) is 0 Å². The molecule has 2 rings (SSSR count). The molecule has 6 heteroatoms. The van der Waals surface area contributed by atoms with E-state index in [2.05, 4.69) is 10.6 Å². The van der Waals surface area contributed by atoms with Gasteiger partial charge in [-0.25, -0.2) is 0 Å². The van der Waals surface area contributed by atoms with Gasteiger partial charge >= 0.3 is 0 Å². The number of aliphatic hydroxyl groups is 1. The van der Waals surface area contributed by atoms with Crippen molar-refractivity contribution in [1.29, 1.82) is 0 Å². The number of carbonyl (C=O) groups is 2. The smallest absolute Gasteiger partial charge is 0.251 e. The van der Waals surface area contributed by atoms with E-state index >= 15 is 0 Å². The van der Waals surface area contributed by atoms with Crippen LogP contribution in [0.3, 0.4) is 0 Å². The molecule has 1 aromatic carbocycles. The summed E-state index contributed by atoms with van der Waals surface area (Å²) in [7, 11) is 0. The van der Waals surface area contributed by atoms with Crippen LogP contribution in [0.25, 0.3) is 0 Å². The van der Waals surface area contributed by atoms with Crippen molar-refractivity contribution in [3.8, 4) is 0 Å². The van der Waals surface area contributed by atoms with Crippen LogP contribution in [0.2, 0.25) is 5.02 Å². The van der Waals surface area contributed by atoms with Crippen molar-refractivity contribution in [3.05, 3.63) is 34.9 Å². The number of halogens is 1. The molecule has 0 radical (unpaired) electrons. The fraction of sp³-hybridized carbons (Fsp3) is 0.500. The molecule has 1 aliphatic rings. The van der Waals surface area contributed by atoms with Crippen LogP contribution in [0.15, 0.2) is 24.3 Å². The van der Waals surface area contributed by atoms with Crippen molar-refractivity contribution >= 4 is 23.4 Å². The molecule has 1 aromatic rings. The molecule has 0 spiro atoms. The second-order valence-corrected chi connectivity index (χ2v) is 6.11. The predicted octanol–water partition coefficient (Wildman–Crippen LogP) is 1.88. The maximum absolute atomic E-state index is 12.1. The molecule has 3 N–H and O–H groups in total. The maximum atomic E-state index is 12.1. The number of hydrogen-bond donors (Lipinski definition) is 3. The summed E-state index contributed by atoms with van der Waals surface area (Å²) in [6, 6.07) is 5.56. The summed E-state index contributed by atoms with van der Waals surface area (Å²) >= 11 is 5.78. The summed E-state index contributed by atoms with van der Waals surface area (Å²) in [4.78, 5) is 24.2. The lowest BCUT2D eigenvalue weighted by Crippen LogP contribution is -2.52. The van der Waals surface area contributed by atoms with E-state index in [9.17, 15) is 14.7 Å². The van der Waals surface area contributed by atoms with E-state index in [4.69, 9.17) is 11.6 Å². The van der Waals surface area contributed by atoms with Crippen molar-refractivity contribution in [3.63, 3.8) is 0 Å². The quantitative estimate of drug-likeness (QED) is 0.791. The highest BCUT2D eigenvalue weighted by atomic mass is 35.5. The van der Waals surface area contributed by atoms with Crippen LogP contribution in [0.1, 0.15) is 43.0 Å². The maximum Gasteiger partial charge on any atom is 0.251 e. The third-order valence-electron chi connectivity index (χ3n) is 3.90. The first-order chi connectivity index (χ1) is 10.5. The van der Waals surface area contributed by atoms with Gasteiger partial charge in [0.2, 0.25) is 5.91 Å². The number of carbonyl (C=O) groups excluding carboxylic acids is 2. The second-order valence-electron chi connectivity index (χ2n) is 5.67. The van der Waals surface area contributed by atoms with Gasteiger partial charge in [-0.1, -0.05) is 24.4 Å². The minimum Gasteiger partial charge on any atom is -0.391 e. The van der Waals surface area contributed by atoms with E-state index in [1.165, 1.54) is 0 Å². The summed E-state index contributed by atoms with van der Waals surface area (Å²) in [5, 5.41) is 15.9. The van der Waals surface area contributed by atoms with Crippen molar-refractivity contribution in [2.45, 2.75) is 50.8 Å². The summed E-state index contributed by atoms with van der Waals surface area (Å²) in [6.45, 7) is 1.62. The standard InChI is InChI=1S/C16H21ClN2O3/c1-10(15(21)19-13-4-2-3-5-14(13)20)18-16(22)11-6-8-12(17)9-7-11/h6-10,13-14,20H,2-5H2,1H3,(H,18,22)(H,19,21). The SMILES string of the molecule is CC(NC(=O)c1ccc(Cl)cc1)C(=O)NC1CCCCC1O. The highest BCUT2D eigenvalue weighted by Gasteiger charge is 2.26. The zero-order chi connectivity index (χ0) is 16.1. The lowest BCUT2D eigenvalue weighted by molar-refractivity contribution is -0.124. The van der Waals surface area contributed by atoms with E-state index in [0.717, 1.165) is 19.3 Å². The van der Waals surface area contributed by atoms with Crippen LogP contribution in [-0.2, 0) is 4.79 Å². The fourth-order valence-corrected chi connectivity index (χ4v) is 2.66. The Bertz CT molecular complexity index is 533. The third-order valence-corrected chi connectivity index (χ3v) is 4.16. The number of amides is 2. The molecule has 3 unspecified atom stereocenters. The first-order valence-electron chi connectivity index (χ1n) is 7.52. The molecule has 0 bridgehead atoms. The van der Waals surface area contributed by atoms with Crippen LogP contribution >= 0.6 is 11.6 Å². The Morgan fingerprint density at radius 3 is 2.50 bits per heavy atom. The first-order valence-corrected chi connectivity index (χ1v) is 7.90. The summed E-state index contributed by atoms with van der Waals surface area (Å²) in [5.41, 5.74) is 0.446. The summed E-state index contributed by atoms with van der Waals surface area (Å²) in [6.07, 6.45) is 2.95. The fourth-order valence-electron chi connectivity index (χ4n) is 2.53. The molecule has 0 aromatic heterocycles. The van der Waals surface area contributed by atoms with Crippen molar-refractivity contribution in [2.24, 2.45) is 0 Å². The molecule has 1 aliphatic carbocycles. The lowest BCUT2D eigenvalue weighted by Gasteiger charge is -2.29. The Kier molecular flexibility index (Phi) is 5.80. The number of hydrogen-bond acceptors (Lipinski definition) is 3. The highest BCUT2D eigenvalue weighted by Crippen LogP contribution is 2.18. The average Bonchev–Trinajstić information content (AvgIpc) is 2.50. The van der Waals surface area contributed by atoms with Gasteiger partial charge in [-0.2, -0.15) is 0 Å². The van der Waals surface area contributed by atoms with Gasteiger partial charge in [-0.05, 0) is 44.0 Å². The third kappa shape index (κ3) is 4.45. The number of nitrogens with one attached hydrogen (secondary N) is 2. The molecule has 2 amide bonds. The lowest BCUT2D eigenvalue weighted by atomic mass is 9.92. The van der Waals surface area contributed by atoms with E-state index < -0.39 is 12.1 Å². The van der Waals surface area contributed by atoms with Gasteiger partial charge in [0.25, 0.3) is 5.91 Å². The van der Waals surface area contributed by atoms with E-state index in [1.54, 1.807) is 31.2 Å². The Labute approximate surface area is 135 Å². The Balaban J connectivity index is 1.87. The monoisotopic (exact) mass is 324 g/mol. The normalized spacial score (nSPS) is 22.7. The minimum absolute atomic E-state index is 0.226. The van der Waals surface area contributed by atoms with Gasteiger partial charge < -0.3 is 15.7 Å². The van der Waals surface area contributed by atoms with Crippen molar-refractivity contribution < 1.29 is 14.7 Å². The average molecular weight is 325 g/mol. The van der Waals surface area contributed by atoms with E-state index in [-0.39, 0.29) is 17.9 Å². The molecule has 120 valence electrons. The Hall–Kier alpha value is -1.59. The second kappa shape index (κ2) is 7.61. The van der Waals surface area contributed by atoms with E-state index in [0.29, 0.717) is 17.0 Å². The minimum atomic E-state index is -0.669. The highest BCUT2D eigenvalue weighted by molar-refractivity contribution is 6.30. The van der Waals surface area contributed by atoms with Gasteiger partial charge in [-0.15, -0.1) is 0 Å². The summed E-state index contributed by atoms with van der Waals surface area (Å²) in [5.74, 6) is -0.614. The van der Waals surface area contributed by atoms with Crippen LogP contribution in [-0.4, -0.2) is 35.1 Å². The van der Waals surface area contributed by atoms with Gasteiger partial charge in [-0.3, -0.25) is 9.59 Å². The zero-order valence-electron chi connectivity index (χ0n) is 12.5. The molecule has 22 heavy (non-hydrogen) atoms. The molecule has 0 saturated heterocycles. The summed E-state index contributed by atoms with van der Waals surface area (Å²) < 4.78 is 0. The van der Waals surface area contributed by atoms with Crippen LogP contribution in [0.4, 0.5) is 0 Å². The Morgan fingerprint density at radius 2 is 1.86 bits per heavy atom. The molecule has 0 heterocycles. The van der Waals surface area contributed by atoms with Crippen LogP contribution in [0, 0.1) is 0 Å². The molecule has 5 nitrogen and oxygen atoms in total. The molecule has 3 atom stereocenters. The van der Waals surface area contributed by atoms with Crippen molar-refractivity contribution in [1.82, 2.24) is 10.6 Å². The molecule has 1 saturated carbocycles. The van der Waals surface area contributed by atoms with Gasteiger partial charge in [0.05, 0.1) is 12.1 Å². The largest absolute Gasteiger partial charge is 0.391 e. The van der Waals surface area contributed by atoms with E-state index in [1.807, 2.05) is 0 Å².